The zero-order chi connectivity index (χ0) is 13.7. The zero-order valence-corrected chi connectivity index (χ0v) is 10.9. The molecule has 0 saturated heterocycles. The summed E-state index contributed by atoms with van der Waals surface area (Å²) in [6.07, 6.45) is 0.0968. The number of rotatable bonds is 5. The Balaban J connectivity index is 2.73. The second-order valence-corrected chi connectivity index (χ2v) is 4.74. The Morgan fingerprint density at radius 1 is 1.22 bits per heavy atom. The molecular weight excluding hydrogens is 230 g/mol. The molecule has 0 fully saturated rings. The zero-order valence-electron chi connectivity index (χ0n) is 10.9. The minimum atomic E-state index is -1.00. The van der Waals surface area contributed by atoms with Gasteiger partial charge < -0.3 is 10.4 Å². The third-order valence-corrected chi connectivity index (χ3v) is 2.99. The largest absolute Gasteiger partial charge is 0.478 e. The smallest absolute Gasteiger partial charge is 0.335 e. The van der Waals surface area contributed by atoms with E-state index < -0.39 is 5.97 Å². The number of nitrogens with one attached hydrogen (secondary N) is 1. The molecule has 98 valence electrons. The summed E-state index contributed by atoms with van der Waals surface area (Å²) in [5.41, 5.74) is 0.725. The van der Waals surface area contributed by atoms with E-state index in [0.717, 1.165) is 0 Å². The van der Waals surface area contributed by atoms with Crippen molar-refractivity contribution in [3.8, 4) is 0 Å². The van der Waals surface area contributed by atoms with Gasteiger partial charge in [-0.05, 0) is 24.5 Å². The molecular formula is C14H19NO3. The van der Waals surface area contributed by atoms with Crippen molar-refractivity contribution in [3.63, 3.8) is 0 Å². The molecule has 0 aliphatic carbocycles. The van der Waals surface area contributed by atoms with Gasteiger partial charge in [0.15, 0.2) is 0 Å². The van der Waals surface area contributed by atoms with Crippen LogP contribution in [-0.4, -0.2) is 23.0 Å². The van der Waals surface area contributed by atoms with Crippen molar-refractivity contribution in [2.75, 3.05) is 0 Å². The van der Waals surface area contributed by atoms with Gasteiger partial charge in [0.1, 0.15) is 0 Å². The molecule has 0 radical (unpaired) electrons. The van der Waals surface area contributed by atoms with Crippen LogP contribution in [0, 0.1) is 5.92 Å². The molecule has 0 aromatic heterocycles. The fourth-order valence-electron chi connectivity index (χ4n) is 1.53. The molecule has 18 heavy (non-hydrogen) atoms. The number of hydrogen-bond donors (Lipinski definition) is 2. The van der Waals surface area contributed by atoms with Crippen LogP contribution in [0.3, 0.4) is 0 Å². The number of amides is 1. The standard InChI is InChI=1S/C14H19NO3/c1-9(2)10(3)15-13(16)8-11-6-4-5-7-12(11)14(17)18/h4-7,9-10H,8H2,1-3H3,(H,15,16)(H,17,18). The normalized spacial score (nSPS) is 12.2. The number of aromatic carboxylic acids is 1. The Morgan fingerprint density at radius 3 is 2.39 bits per heavy atom. The monoisotopic (exact) mass is 249 g/mol. The van der Waals surface area contributed by atoms with E-state index in [-0.39, 0.29) is 23.9 Å². The number of carboxylic acids is 1. The average Bonchev–Trinajstić information content (AvgIpc) is 2.28. The van der Waals surface area contributed by atoms with Crippen molar-refractivity contribution >= 4 is 11.9 Å². The van der Waals surface area contributed by atoms with Crippen molar-refractivity contribution in [2.45, 2.75) is 33.2 Å². The molecule has 1 atom stereocenters. The molecule has 0 aliphatic rings. The van der Waals surface area contributed by atoms with Gasteiger partial charge in [-0.1, -0.05) is 32.0 Å². The Morgan fingerprint density at radius 2 is 1.83 bits per heavy atom. The lowest BCUT2D eigenvalue weighted by atomic mass is 10.0. The predicted octanol–water partition coefficient (Wildman–Crippen LogP) is 2.09. The van der Waals surface area contributed by atoms with Crippen LogP contribution < -0.4 is 5.32 Å². The van der Waals surface area contributed by atoms with Gasteiger partial charge in [-0.2, -0.15) is 0 Å². The first-order valence-corrected chi connectivity index (χ1v) is 6.02. The number of carboxylic acid groups (broad SMARTS) is 1. The highest BCUT2D eigenvalue weighted by molar-refractivity contribution is 5.91. The Bertz CT molecular complexity index is 440. The van der Waals surface area contributed by atoms with Crippen molar-refractivity contribution in [3.05, 3.63) is 35.4 Å². The molecule has 2 N–H and O–H groups in total. The SMILES string of the molecule is CC(C)C(C)NC(=O)Cc1ccccc1C(=O)O. The topological polar surface area (TPSA) is 66.4 Å². The lowest BCUT2D eigenvalue weighted by Gasteiger charge is -2.17. The molecule has 4 heteroatoms. The first-order valence-electron chi connectivity index (χ1n) is 6.02. The minimum Gasteiger partial charge on any atom is -0.478 e. The highest BCUT2D eigenvalue weighted by atomic mass is 16.4. The van der Waals surface area contributed by atoms with Gasteiger partial charge in [0.05, 0.1) is 12.0 Å². The maximum Gasteiger partial charge on any atom is 0.335 e. The molecule has 1 amide bonds. The van der Waals surface area contributed by atoms with Crippen molar-refractivity contribution in [1.82, 2.24) is 5.32 Å². The fraction of sp³-hybridized carbons (Fsp3) is 0.429. The van der Waals surface area contributed by atoms with E-state index in [4.69, 9.17) is 5.11 Å². The summed E-state index contributed by atoms with van der Waals surface area (Å²) in [6.45, 7) is 5.98. The Labute approximate surface area is 107 Å². The summed E-state index contributed by atoms with van der Waals surface area (Å²) in [5.74, 6) is -0.802. The van der Waals surface area contributed by atoms with Gasteiger partial charge in [-0.25, -0.2) is 4.79 Å². The third-order valence-electron chi connectivity index (χ3n) is 2.99. The lowest BCUT2D eigenvalue weighted by Crippen LogP contribution is -2.37. The number of carbonyl (C=O) groups excluding carboxylic acids is 1. The first kappa shape index (κ1) is 14.2. The molecule has 0 heterocycles. The molecule has 1 aromatic carbocycles. The second kappa shape index (κ2) is 6.19. The van der Waals surface area contributed by atoms with Gasteiger partial charge in [0.2, 0.25) is 5.91 Å². The van der Waals surface area contributed by atoms with Crippen LogP contribution in [0.5, 0.6) is 0 Å². The summed E-state index contributed by atoms with van der Waals surface area (Å²) in [5, 5.41) is 11.9. The van der Waals surface area contributed by atoms with Crippen molar-refractivity contribution in [2.24, 2.45) is 5.92 Å². The van der Waals surface area contributed by atoms with Gasteiger partial charge in [0, 0.05) is 6.04 Å². The van der Waals surface area contributed by atoms with Crippen molar-refractivity contribution < 1.29 is 14.7 Å². The summed E-state index contributed by atoms with van der Waals surface area (Å²) >= 11 is 0. The average molecular weight is 249 g/mol. The fourth-order valence-corrected chi connectivity index (χ4v) is 1.53. The van der Waals surface area contributed by atoms with Gasteiger partial charge in [-0.15, -0.1) is 0 Å². The van der Waals surface area contributed by atoms with E-state index >= 15 is 0 Å². The van der Waals surface area contributed by atoms with Gasteiger partial charge >= 0.3 is 5.97 Å². The van der Waals surface area contributed by atoms with Crippen LogP contribution in [0.4, 0.5) is 0 Å². The van der Waals surface area contributed by atoms with E-state index in [1.165, 1.54) is 6.07 Å². The molecule has 0 bridgehead atoms. The quantitative estimate of drug-likeness (QED) is 0.839. The highest BCUT2D eigenvalue weighted by Gasteiger charge is 2.15. The van der Waals surface area contributed by atoms with Crippen LogP contribution in [0.2, 0.25) is 0 Å². The summed E-state index contributed by atoms with van der Waals surface area (Å²) in [6, 6.07) is 6.65. The predicted molar refractivity (Wildman–Crippen MR) is 69.5 cm³/mol. The van der Waals surface area contributed by atoms with Crippen LogP contribution in [-0.2, 0) is 11.2 Å². The molecule has 1 rings (SSSR count). The van der Waals surface area contributed by atoms with Crippen LogP contribution in [0.1, 0.15) is 36.7 Å². The summed E-state index contributed by atoms with van der Waals surface area (Å²) in [7, 11) is 0. The van der Waals surface area contributed by atoms with Crippen LogP contribution in [0.15, 0.2) is 24.3 Å². The molecule has 0 saturated carbocycles. The van der Waals surface area contributed by atoms with E-state index in [9.17, 15) is 9.59 Å². The maximum absolute atomic E-state index is 11.8. The lowest BCUT2D eigenvalue weighted by molar-refractivity contribution is -0.121. The van der Waals surface area contributed by atoms with E-state index in [1.54, 1.807) is 18.2 Å². The second-order valence-electron chi connectivity index (χ2n) is 4.74. The summed E-state index contributed by atoms with van der Waals surface area (Å²) < 4.78 is 0. The first-order chi connectivity index (χ1) is 8.41. The van der Waals surface area contributed by atoms with E-state index in [0.29, 0.717) is 11.5 Å². The minimum absolute atomic E-state index is 0.0782. The molecule has 0 spiro atoms. The molecule has 1 aromatic rings. The highest BCUT2D eigenvalue weighted by Crippen LogP contribution is 2.10. The van der Waals surface area contributed by atoms with Gasteiger partial charge in [-0.3, -0.25) is 4.79 Å². The molecule has 1 unspecified atom stereocenters. The molecule has 4 nitrogen and oxygen atoms in total. The van der Waals surface area contributed by atoms with Gasteiger partial charge in [0.25, 0.3) is 0 Å². The maximum atomic E-state index is 11.8. The Kier molecular flexibility index (Phi) is 4.89. The summed E-state index contributed by atoms with van der Waals surface area (Å²) in [4.78, 5) is 22.8. The van der Waals surface area contributed by atoms with Crippen LogP contribution >= 0.6 is 0 Å². The van der Waals surface area contributed by atoms with Crippen molar-refractivity contribution in [1.29, 1.82) is 0 Å². The van der Waals surface area contributed by atoms with E-state index in [1.807, 2.05) is 20.8 Å². The number of hydrogen-bond acceptors (Lipinski definition) is 2. The Hall–Kier alpha value is -1.84. The molecule has 0 aliphatic heterocycles. The third kappa shape index (κ3) is 3.87. The number of benzene rings is 1. The number of carbonyl (C=O) groups is 2. The van der Waals surface area contributed by atoms with Crippen LogP contribution in [0.25, 0.3) is 0 Å². The van der Waals surface area contributed by atoms with E-state index in [2.05, 4.69) is 5.32 Å².